The third-order valence-electron chi connectivity index (χ3n) is 22.2. The predicted molar refractivity (Wildman–Crippen MR) is 385 cm³/mol. The van der Waals surface area contributed by atoms with E-state index in [0.717, 1.165) is 65.6 Å². The highest BCUT2D eigenvalue weighted by molar-refractivity contribution is 6.01. The van der Waals surface area contributed by atoms with Crippen molar-refractivity contribution in [2.75, 3.05) is 102 Å². The van der Waals surface area contributed by atoms with Gasteiger partial charge in [-0.1, -0.05) is 70.7 Å². The summed E-state index contributed by atoms with van der Waals surface area (Å²) in [6.07, 6.45) is -7.26. The van der Waals surface area contributed by atoms with Crippen molar-refractivity contribution in [1.29, 1.82) is 0 Å². The molecule has 0 radical (unpaired) electrons. The summed E-state index contributed by atoms with van der Waals surface area (Å²) in [7, 11) is 10.7. The van der Waals surface area contributed by atoms with Crippen LogP contribution in [0.4, 0.5) is 35.1 Å². The summed E-state index contributed by atoms with van der Waals surface area (Å²) >= 11 is 0. The van der Waals surface area contributed by atoms with Gasteiger partial charge in [0.1, 0.15) is 71.1 Å². The molecule has 7 rings (SSSR count). The highest BCUT2D eigenvalue weighted by Crippen LogP contribution is 2.40. The van der Waals surface area contributed by atoms with Crippen LogP contribution in [-0.4, -0.2) is 277 Å². The number of likely N-dealkylation sites (N-methyl/N-ethyl adjacent to an activating group) is 7. The first-order valence-electron chi connectivity index (χ1n) is 37.5. The molecule has 3 heterocycles. The second-order valence-electron chi connectivity index (χ2n) is 29.7. The summed E-state index contributed by atoms with van der Waals surface area (Å²) in [5.41, 5.74) is -5.27. The third-order valence-corrected chi connectivity index (χ3v) is 22.2. The van der Waals surface area contributed by atoms with Crippen molar-refractivity contribution in [2.45, 2.75) is 209 Å². The number of aryl methyl sites for hydroxylation is 1. The molecule has 110 heavy (non-hydrogen) atoms. The van der Waals surface area contributed by atoms with Crippen molar-refractivity contribution in [3.8, 4) is 0 Å². The molecular formula is C76H106F8N12O14. The third kappa shape index (κ3) is 21.2. The van der Waals surface area contributed by atoms with E-state index in [2.05, 4.69) is 16.0 Å². The van der Waals surface area contributed by atoms with E-state index in [1.165, 1.54) is 59.2 Å². The van der Waals surface area contributed by atoms with Gasteiger partial charge < -0.3 is 69.5 Å². The first-order chi connectivity index (χ1) is 51.7. The molecule has 2 aliphatic carbocycles. The first-order valence-corrected chi connectivity index (χ1v) is 37.5. The van der Waals surface area contributed by atoms with Crippen molar-refractivity contribution in [1.82, 2.24) is 60.0 Å². The van der Waals surface area contributed by atoms with E-state index >= 15 is 37.5 Å². The van der Waals surface area contributed by atoms with E-state index in [9.17, 15) is 55.1 Å². The Balaban J connectivity index is 1.36. The number of ether oxygens (including phenoxy) is 2. The number of carbonyl (C=O) groups excluding carboxylic acids is 12. The summed E-state index contributed by atoms with van der Waals surface area (Å²) in [5.74, 6) is -15.3. The molecule has 2 bridgehead atoms. The molecule has 26 nitrogen and oxygen atoms in total. The van der Waals surface area contributed by atoms with Crippen LogP contribution in [0.3, 0.4) is 0 Å². The number of nitrogens with zero attached hydrogens (tertiary/aromatic N) is 9. The Hall–Kier alpha value is -8.82. The van der Waals surface area contributed by atoms with Crippen LogP contribution in [0.2, 0.25) is 0 Å². The molecule has 2 saturated carbocycles. The Bertz CT molecular complexity index is 3670. The maximum Gasteiger partial charge on any atom is 0.422 e. The number of methoxy groups -OCH3 is 1. The minimum absolute atomic E-state index is 0.00850. The lowest BCUT2D eigenvalue weighted by molar-refractivity contribution is -0.158. The highest BCUT2D eigenvalue weighted by Gasteiger charge is 2.54. The second-order valence-corrected chi connectivity index (χ2v) is 29.7. The standard InChI is InChI=1S/C76H106F8N12O14/c1-13-22-54-65(100)86-63(45(4)14-2)71(106)90(7)44-61(99)92(9)55-25-17-16-20-34-95(70(55)105)58(39-46-26-29-49(30-27-46)75(79,80)81)69(104)89(6)43-59(97)85-53(31-28-47-37-51(77)62(52(78)38-47)76(82,83)84)67(102)96-42-50(110-15-3)40-56(96)66(101)87-74(32-21-33-74)73(108)94(11)64(48-23-18-19-24-48)72(107)93(10)57(41-60(98)91(54)8)68(103)88(5)35-36-109-12/h16-17,26-27,29-30,37-38,45,48,50,53-58,63-64H,13-15,18-25,28,31-36,39-44H2,1-12H3,(H,85,97)(H,86,100)(H,87,101)/b17-16-/t45-,50+,53-,54-,55+,56-,57-,58-,63-,64-/m0/s1. The molecular weight excluding hydrogens is 1460 g/mol. The van der Waals surface area contributed by atoms with E-state index in [-0.39, 0.29) is 76.9 Å². The van der Waals surface area contributed by atoms with Crippen LogP contribution in [0.25, 0.3) is 0 Å². The van der Waals surface area contributed by atoms with Crippen molar-refractivity contribution < 1.29 is 102 Å². The summed E-state index contributed by atoms with van der Waals surface area (Å²) in [6, 6.07) is -7.42. The number of fused-ring (bicyclic) bond motifs is 3. The number of hydrogen-bond donors (Lipinski definition) is 3. The van der Waals surface area contributed by atoms with Gasteiger partial charge in [-0.3, -0.25) is 57.5 Å². The van der Waals surface area contributed by atoms with Crippen LogP contribution in [0.5, 0.6) is 0 Å². The normalized spacial score (nSPS) is 25.8. The fraction of sp³-hybridized carbons (Fsp3) is 0.658. The number of nitrogens with one attached hydrogen (secondary N) is 3. The molecule has 0 aromatic heterocycles. The van der Waals surface area contributed by atoms with Crippen molar-refractivity contribution in [2.24, 2.45) is 11.8 Å². The van der Waals surface area contributed by atoms with Gasteiger partial charge in [0.25, 0.3) is 0 Å². The molecule has 3 aliphatic heterocycles. The average Bonchev–Trinajstić information content (AvgIpc) is 1.09. The van der Waals surface area contributed by atoms with Crippen molar-refractivity contribution in [3.63, 3.8) is 0 Å². The molecule has 2 saturated heterocycles. The molecule has 2 aromatic rings. The van der Waals surface area contributed by atoms with Crippen LogP contribution < -0.4 is 16.0 Å². The summed E-state index contributed by atoms with van der Waals surface area (Å²) in [5, 5.41) is 8.26. The largest absolute Gasteiger partial charge is 0.422 e. The van der Waals surface area contributed by atoms with E-state index in [4.69, 9.17) is 9.47 Å². The molecule has 10 atom stereocenters. The van der Waals surface area contributed by atoms with Gasteiger partial charge >= 0.3 is 12.4 Å². The van der Waals surface area contributed by atoms with Crippen LogP contribution in [0.15, 0.2) is 48.6 Å². The quantitative estimate of drug-likeness (QED) is 0.138. The zero-order valence-corrected chi connectivity index (χ0v) is 64.7. The average molecular weight is 1560 g/mol. The van der Waals surface area contributed by atoms with Gasteiger partial charge in [-0.05, 0) is 118 Å². The number of halogens is 8. The number of alkyl halides is 6. The SMILES string of the molecule is CCC[C@H]1C(=O)N[C@@H]([C@@H](C)CC)C(=O)N(C)CC(=O)N(C)[C@@H]2C/C=C\CCN(C2=O)[C@@H](Cc2ccc(C(F)(F)F)cc2)C(=O)N(C)CC(=O)N[C@@H](CCc2cc(F)c(C(F)(F)F)c(F)c2)C(=O)N2C[C@H](OCC)C[C@H]2C(=O)NC2(CCC2)C(=O)N(C)[C@@H](C2CCCC2)C(=O)N(C)[C@H](C(=O)N(C)CCOC)CC(=O)N1C. The second kappa shape index (κ2) is 38.4. The number of benzene rings is 2. The molecule has 5 aliphatic rings. The molecule has 610 valence electrons. The fourth-order valence-electron chi connectivity index (χ4n) is 15.2. The zero-order valence-electron chi connectivity index (χ0n) is 64.7. The maximum absolute atomic E-state index is 15.6. The van der Waals surface area contributed by atoms with E-state index in [0.29, 0.717) is 57.1 Å². The van der Waals surface area contributed by atoms with Crippen molar-refractivity contribution >= 4 is 70.9 Å². The number of hydrogen-bond acceptors (Lipinski definition) is 14. The van der Waals surface area contributed by atoms with Crippen LogP contribution >= 0.6 is 0 Å². The van der Waals surface area contributed by atoms with Crippen molar-refractivity contribution in [3.05, 3.63) is 82.4 Å². The smallest absolute Gasteiger partial charge is 0.383 e. The monoisotopic (exact) mass is 1560 g/mol. The number of carbonyl (C=O) groups is 12. The fourth-order valence-corrected chi connectivity index (χ4v) is 15.2. The lowest BCUT2D eigenvalue weighted by Gasteiger charge is -2.46. The molecule has 3 N–H and O–H groups in total. The van der Waals surface area contributed by atoms with Crippen LogP contribution in [-0.2, 0) is 92.2 Å². The van der Waals surface area contributed by atoms with Crippen LogP contribution in [0.1, 0.15) is 146 Å². The molecule has 1 spiro atoms. The van der Waals surface area contributed by atoms with Gasteiger partial charge in [0.2, 0.25) is 70.9 Å². The predicted octanol–water partition coefficient (Wildman–Crippen LogP) is 5.51. The van der Waals surface area contributed by atoms with Gasteiger partial charge in [0.05, 0.1) is 37.8 Å². The first kappa shape index (κ1) is 88.4. The molecule has 4 fully saturated rings. The summed E-state index contributed by atoms with van der Waals surface area (Å²) in [4.78, 5) is 191. The van der Waals surface area contributed by atoms with Gasteiger partial charge in [-0.25, -0.2) is 8.78 Å². The molecule has 2 aromatic carbocycles. The molecule has 34 heteroatoms. The van der Waals surface area contributed by atoms with Gasteiger partial charge in [0.15, 0.2) is 0 Å². The highest BCUT2D eigenvalue weighted by atomic mass is 19.4. The van der Waals surface area contributed by atoms with Gasteiger partial charge in [0, 0.05) is 95.5 Å². The van der Waals surface area contributed by atoms with E-state index in [1.54, 1.807) is 39.8 Å². The topological polar surface area (TPSA) is 289 Å². The molecule has 12 amide bonds. The Morgan fingerprint density at radius 1 is 0.682 bits per heavy atom. The minimum Gasteiger partial charge on any atom is -0.383 e. The lowest BCUT2D eigenvalue weighted by Crippen LogP contribution is -2.68. The Morgan fingerprint density at radius 2 is 1.32 bits per heavy atom. The van der Waals surface area contributed by atoms with Crippen LogP contribution in [0, 0.1) is 23.5 Å². The Labute approximate surface area is 636 Å². The zero-order chi connectivity index (χ0) is 81.6. The summed E-state index contributed by atoms with van der Waals surface area (Å²) < 4.78 is 125. The lowest BCUT2D eigenvalue weighted by atomic mass is 9.74. The summed E-state index contributed by atoms with van der Waals surface area (Å²) in [6.45, 7) is 4.70. The van der Waals surface area contributed by atoms with E-state index in [1.807, 2.05) is 0 Å². The van der Waals surface area contributed by atoms with Gasteiger partial charge in [-0.15, -0.1) is 0 Å². The minimum atomic E-state index is -5.46. The Morgan fingerprint density at radius 3 is 1.89 bits per heavy atom. The Kier molecular flexibility index (Phi) is 30.9. The number of amides is 12. The van der Waals surface area contributed by atoms with Gasteiger partial charge in [-0.2, -0.15) is 26.3 Å². The number of rotatable bonds is 16. The molecule has 0 unspecified atom stereocenters. The maximum atomic E-state index is 15.6. The van der Waals surface area contributed by atoms with E-state index < -0.39 is 222 Å².